The second-order valence-electron chi connectivity index (χ2n) is 6.90. The molecule has 1 N–H and O–H groups in total. The highest BCUT2D eigenvalue weighted by Crippen LogP contribution is 2.21. The highest BCUT2D eigenvalue weighted by Gasteiger charge is 2.19. The summed E-state index contributed by atoms with van der Waals surface area (Å²) < 4.78 is 0. The first-order chi connectivity index (χ1) is 13.2. The van der Waals surface area contributed by atoms with Gasteiger partial charge in [-0.2, -0.15) is 4.98 Å². The van der Waals surface area contributed by atoms with Crippen LogP contribution >= 0.6 is 0 Å². The van der Waals surface area contributed by atoms with E-state index in [9.17, 15) is 0 Å². The standard InChI is InChI=1S/C21H24N6/c1-16-13-17(2)15-18(14-16)24-21-23-8-6-20(25-21)27-11-9-26(10-12-27)19-5-3-4-7-22-19/h3-8,13-15H,9-12H2,1-2H3,(H,23,24,25). The Morgan fingerprint density at radius 3 is 2.15 bits per heavy atom. The van der Waals surface area contributed by atoms with E-state index >= 15 is 0 Å². The Balaban J connectivity index is 1.44. The highest BCUT2D eigenvalue weighted by atomic mass is 15.3. The Morgan fingerprint density at radius 1 is 0.778 bits per heavy atom. The Bertz CT molecular complexity index is 883. The fourth-order valence-corrected chi connectivity index (χ4v) is 3.47. The molecule has 1 fully saturated rings. The average Bonchev–Trinajstić information content (AvgIpc) is 2.68. The minimum absolute atomic E-state index is 0.629. The first-order valence-corrected chi connectivity index (χ1v) is 9.27. The lowest BCUT2D eigenvalue weighted by Gasteiger charge is -2.36. The maximum atomic E-state index is 4.72. The van der Waals surface area contributed by atoms with Crippen LogP contribution in [0.1, 0.15) is 11.1 Å². The van der Waals surface area contributed by atoms with Crippen LogP contribution in [0.5, 0.6) is 0 Å². The zero-order valence-corrected chi connectivity index (χ0v) is 15.8. The first-order valence-electron chi connectivity index (χ1n) is 9.27. The maximum absolute atomic E-state index is 4.72. The van der Waals surface area contributed by atoms with Crippen molar-refractivity contribution in [2.24, 2.45) is 0 Å². The van der Waals surface area contributed by atoms with Gasteiger partial charge >= 0.3 is 0 Å². The molecule has 3 heterocycles. The maximum Gasteiger partial charge on any atom is 0.229 e. The second kappa shape index (κ2) is 7.61. The number of pyridine rings is 1. The summed E-state index contributed by atoms with van der Waals surface area (Å²) in [5.41, 5.74) is 3.46. The molecule has 0 saturated carbocycles. The lowest BCUT2D eigenvalue weighted by atomic mass is 10.1. The van der Waals surface area contributed by atoms with Gasteiger partial charge in [0.25, 0.3) is 0 Å². The fourth-order valence-electron chi connectivity index (χ4n) is 3.47. The number of nitrogens with zero attached hydrogens (tertiary/aromatic N) is 5. The summed E-state index contributed by atoms with van der Waals surface area (Å²) in [5, 5.41) is 3.33. The van der Waals surface area contributed by atoms with Crippen molar-refractivity contribution in [2.45, 2.75) is 13.8 Å². The molecule has 0 unspecified atom stereocenters. The summed E-state index contributed by atoms with van der Waals surface area (Å²) in [7, 11) is 0. The number of nitrogens with one attached hydrogen (secondary N) is 1. The Morgan fingerprint density at radius 2 is 1.48 bits per heavy atom. The molecule has 1 saturated heterocycles. The van der Waals surface area contributed by atoms with Crippen molar-refractivity contribution in [3.8, 4) is 0 Å². The molecule has 0 radical (unpaired) electrons. The van der Waals surface area contributed by atoms with Crippen molar-refractivity contribution in [1.82, 2.24) is 15.0 Å². The number of rotatable bonds is 4. The third-order valence-corrected chi connectivity index (χ3v) is 4.70. The molecule has 1 aromatic carbocycles. The van der Waals surface area contributed by atoms with E-state index in [2.05, 4.69) is 63.2 Å². The van der Waals surface area contributed by atoms with Crippen LogP contribution in [-0.2, 0) is 0 Å². The van der Waals surface area contributed by atoms with Crippen molar-refractivity contribution in [3.05, 3.63) is 66.0 Å². The number of hydrogen-bond acceptors (Lipinski definition) is 6. The zero-order valence-electron chi connectivity index (χ0n) is 15.8. The van der Waals surface area contributed by atoms with Gasteiger partial charge in [0.05, 0.1) is 0 Å². The number of anilines is 4. The van der Waals surface area contributed by atoms with Crippen LogP contribution in [0.3, 0.4) is 0 Å². The summed E-state index contributed by atoms with van der Waals surface area (Å²) in [5.74, 6) is 2.62. The minimum atomic E-state index is 0.629. The van der Waals surface area contributed by atoms with Gasteiger partial charge in [0.1, 0.15) is 11.6 Å². The van der Waals surface area contributed by atoms with Crippen molar-refractivity contribution in [2.75, 3.05) is 41.3 Å². The second-order valence-corrected chi connectivity index (χ2v) is 6.90. The lowest BCUT2D eigenvalue weighted by molar-refractivity contribution is 0.641. The van der Waals surface area contributed by atoms with Gasteiger partial charge in [-0.15, -0.1) is 0 Å². The van der Waals surface area contributed by atoms with E-state index in [1.807, 2.05) is 30.6 Å². The summed E-state index contributed by atoms with van der Waals surface area (Å²) >= 11 is 0. The molecule has 6 heteroatoms. The summed E-state index contributed by atoms with van der Waals surface area (Å²) in [6.07, 6.45) is 3.66. The van der Waals surface area contributed by atoms with Gasteiger partial charge < -0.3 is 15.1 Å². The monoisotopic (exact) mass is 360 g/mol. The Hall–Kier alpha value is -3.15. The van der Waals surface area contributed by atoms with Gasteiger partial charge in [-0.25, -0.2) is 9.97 Å². The van der Waals surface area contributed by atoms with Gasteiger partial charge in [0, 0.05) is 44.3 Å². The number of aryl methyl sites for hydroxylation is 2. The van der Waals surface area contributed by atoms with Gasteiger partial charge in [-0.3, -0.25) is 0 Å². The van der Waals surface area contributed by atoms with Crippen LogP contribution in [0.15, 0.2) is 54.9 Å². The number of benzene rings is 1. The van der Waals surface area contributed by atoms with E-state index < -0.39 is 0 Å². The topological polar surface area (TPSA) is 57.2 Å². The molecule has 3 aromatic rings. The molecule has 0 atom stereocenters. The van der Waals surface area contributed by atoms with Crippen LogP contribution in [0.4, 0.5) is 23.3 Å². The molecular weight excluding hydrogens is 336 g/mol. The van der Waals surface area contributed by atoms with Crippen LogP contribution < -0.4 is 15.1 Å². The predicted octanol–water partition coefficient (Wildman–Crippen LogP) is 3.56. The largest absolute Gasteiger partial charge is 0.353 e. The van der Waals surface area contributed by atoms with Crippen LogP contribution in [0.2, 0.25) is 0 Å². The summed E-state index contributed by atoms with van der Waals surface area (Å²) in [6, 6.07) is 14.4. The average molecular weight is 360 g/mol. The molecule has 2 aromatic heterocycles. The molecule has 4 rings (SSSR count). The van der Waals surface area contributed by atoms with E-state index in [1.54, 1.807) is 0 Å². The van der Waals surface area contributed by atoms with E-state index in [-0.39, 0.29) is 0 Å². The molecule has 0 spiro atoms. The fraction of sp³-hybridized carbons (Fsp3) is 0.286. The van der Waals surface area contributed by atoms with E-state index in [4.69, 9.17) is 4.98 Å². The smallest absolute Gasteiger partial charge is 0.229 e. The molecule has 0 amide bonds. The highest BCUT2D eigenvalue weighted by molar-refractivity contribution is 5.57. The minimum Gasteiger partial charge on any atom is -0.353 e. The number of piperazine rings is 1. The summed E-state index contributed by atoms with van der Waals surface area (Å²) in [4.78, 5) is 18.2. The van der Waals surface area contributed by atoms with Gasteiger partial charge in [-0.05, 0) is 55.3 Å². The quantitative estimate of drug-likeness (QED) is 0.768. The third kappa shape index (κ3) is 4.16. The predicted molar refractivity (Wildman–Crippen MR) is 110 cm³/mol. The SMILES string of the molecule is Cc1cc(C)cc(Nc2nccc(N3CCN(c4ccccn4)CC3)n2)c1. The van der Waals surface area contributed by atoms with Gasteiger partial charge in [0.2, 0.25) is 5.95 Å². The zero-order chi connectivity index (χ0) is 18.6. The first kappa shape index (κ1) is 17.3. The molecule has 1 aliphatic heterocycles. The van der Waals surface area contributed by atoms with Crippen LogP contribution in [0.25, 0.3) is 0 Å². The van der Waals surface area contributed by atoms with Crippen molar-refractivity contribution >= 4 is 23.3 Å². The van der Waals surface area contributed by atoms with Gasteiger partial charge in [-0.1, -0.05) is 12.1 Å². The van der Waals surface area contributed by atoms with Crippen molar-refractivity contribution < 1.29 is 0 Å². The van der Waals surface area contributed by atoms with Crippen LogP contribution in [-0.4, -0.2) is 41.1 Å². The van der Waals surface area contributed by atoms with Crippen molar-refractivity contribution in [3.63, 3.8) is 0 Å². The summed E-state index contributed by atoms with van der Waals surface area (Å²) in [6.45, 7) is 7.88. The Kier molecular flexibility index (Phi) is 4.87. The van der Waals surface area contributed by atoms with Crippen molar-refractivity contribution in [1.29, 1.82) is 0 Å². The van der Waals surface area contributed by atoms with Gasteiger partial charge in [0.15, 0.2) is 0 Å². The molecule has 6 nitrogen and oxygen atoms in total. The van der Waals surface area contributed by atoms with E-state index in [0.717, 1.165) is 43.5 Å². The van der Waals surface area contributed by atoms with E-state index in [1.165, 1.54) is 11.1 Å². The molecular formula is C21H24N6. The number of hydrogen-bond donors (Lipinski definition) is 1. The molecule has 27 heavy (non-hydrogen) atoms. The third-order valence-electron chi connectivity index (χ3n) is 4.70. The molecule has 0 aliphatic carbocycles. The molecule has 0 bridgehead atoms. The molecule has 138 valence electrons. The normalized spacial score (nSPS) is 14.3. The number of aromatic nitrogens is 3. The van der Waals surface area contributed by atoms with E-state index in [0.29, 0.717) is 5.95 Å². The Labute approximate surface area is 159 Å². The van der Waals surface area contributed by atoms with Crippen LogP contribution in [0, 0.1) is 13.8 Å². The lowest BCUT2D eigenvalue weighted by Crippen LogP contribution is -2.47. The molecule has 1 aliphatic rings.